The molecule has 0 aliphatic heterocycles. The van der Waals surface area contributed by atoms with E-state index in [1.54, 1.807) is 25.1 Å². The molecule has 2 rings (SSSR count). The van der Waals surface area contributed by atoms with E-state index in [1.165, 1.54) is 23.0 Å². The van der Waals surface area contributed by atoms with Gasteiger partial charge >= 0.3 is 145 Å². The fraction of sp³-hybridized carbons (Fsp3) is 0.400. The molecule has 0 unspecified atom stereocenters. The molecule has 0 saturated heterocycles. The predicted molar refractivity (Wildman–Crippen MR) is 94.6 cm³/mol. The van der Waals surface area contributed by atoms with E-state index in [0.717, 1.165) is 0 Å². The van der Waals surface area contributed by atoms with Crippen LogP contribution in [0.2, 0.25) is 0 Å². The molecule has 0 atom stereocenters. The summed E-state index contributed by atoms with van der Waals surface area (Å²) in [7, 11) is -5.28. The van der Waals surface area contributed by atoms with Crippen LogP contribution in [0.5, 0.6) is 0 Å². The number of rotatable bonds is 5. The predicted octanol–water partition coefficient (Wildman–Crippen LogP) is 4.24. The van der Waals surface area contributed by atoms with Gasteiger partial charge in [0.05, 0.1) is 0 Å². The van der Waals surface area contributed by atoms with Crippen LogP contribution in [0, 0.1) is 20.0 Å². The normalized spacial score (nSPS) is 13.4. The van der Waals surface area contributed by atoms with Crippen LogP contribution in [0.1, 0.15) is 19.5 Å². The van der Waals surface area contributed by atoms with E-state index in [9.17, 15) is 21.6 Å². The topological polar surface area (TPSA) is 52.0 Å². The zero-order valence-electron chi connectivity index (χ0n) is 13.4. The van der Waals surface area contributed by atoms with Crippen LogP contribution >= 0.6 is 18.4 Å². The number of aromatic nitrogens is 2. The molecule has 1 aromatic carbocycles. The molecule has 0 radical (unpaired) electrons. The quantitative estimate of drug-likeness (QED) is 0.481. The fourth-order valence-corrected chi connectivity index (χ4v) is 12.9. The van der Waals surface area contributed by atoms with Gasteiger partial charge in [0.1, 0.15) is 0 Å². The molecule has 0 aliphatic carbocycles. The molecule has 1 heterocycles. The van der Waals surface area contributed by atoms with Crippen LogP contribution in [0.4, 0.5) is 13.2 Å². The van der Waals surface area contributed by atoms with Crippen LogP contribution < -0.4 is 0 Å². The third-order valence-corrected chi connectivity index (χ3v) is 15.2. The van der Waals surface area contributed by atoms with Crippen LogP contribution in [-0.4, -0.2) is 23.7 Å². The maximum atomic E-state index is 13.2. The second-order valence-electron chi connectivity index (χ2n) is 5.61. The Morgan fingerprint density at radius 1 is 1.21 bits per heavy atom. The molecular formula is C15H18F3IN2O2S. The van der Waals surface area contributed by atoms with Crippen LogP contribution in [0.25, 0.3) is 0 Å². The van der Waals surface area contributed by atoms with Gasteiger partial charge in [0.15, 0.2) is 0 Å². The Kier molecular flexibility index (Phi) is 5.63. The van der Waals surface area contributed by atoms with Crippen molar-refractivity contribution < 1.29 is 21.6 Å². The van der Waals surface area contributed by atoms with Gasteiger partial charge in [-0.05, 0) is 0 Å². The fourth-order valence-electron chi connectivity index (χ4n) is 2.09. The van der Waals surface area contributed by atoms with E-state index in [2.05, 4.69) is 5.10 Å². The van der Waals surface area contributed by atoms with Gasteiger partial charge in [-0.1, -0.05) is 0 Å². The molecule has 0 aliphatic rings. The first kappa shape index (κ1) is 19.2. The van der Waals surface area contributed by atoms with Crippen molar-refractivity contribution in [2.75, 3.05) is 0 Å². The standard InChI is InChI=1S/C15H18F3IN2O2S/c1-11(2)9-21-10-14(12(3)20-21)19(13-7-5-4-6-8-13)24(22,23)15(16,17)18/h4-8,10-11H,9H2,1-3H3. The monoisotopic (exact) mass is 474 g/mol. The maximum absolute atomic E-state index is 13.2. The summed E-state index contributed by atoms with van der Waals surface area (Å²) in [4.78, 5) is 0. The third kappa shape index (κ3) is 3.93. The second-order valence-corrected chi connectivity index (χ2v) is 16.3. The van der Waals surface area contributed by atoms with Crippen molar-refractivity contribution in [1.82, 2.24) is 9.78 Å². The van der Waals surface area contributed by atoms with Gasteiger partial charge in [-0.25, -0.2) is 0 Å². The van der Waals surface area contributed by atoms with Gasteiger partial charge in [0, 0.05) is 0 Å². The van der Waals surface area contributed by atoms with Crippen molar-refractivity contribution in [2.24, 2.45) is 5.92 Å². The summed E-state index contributed by atoms with van der Waals surface area (Å²) < 4.78 is 66.1. The molecule has 134 valence electrons. The van der Waals surface area contributed by atoms with E-state index in [-0.39, 0.29) is 13.1 Å². The summed E-state index contributed by atoms with van der Waals surface area (Å²) in [5, 5.41) is 4.22. The zero-order chi connectivity index (χ0) is 18.1. The minimum absolute atomic E-state index is 0.211. The Labute approximate surface area is 144 Å². The van der Waals surface area contributed by atoms with Crippen LogP contribution in [0.15, 0.2) is 36.5 Å². The molecule has 2 aromatic rings. The zero-order valence-corrected chi connectivity index (χ0v) is 16.4. The first-order valence-electron chi connectivity index (χ1n) is 7.15. The summed E-state index contributed by atoms with van der Waals surface area (Å²) in [6, 6.07) is 7.66. The van der Waals surface area contributed by atoms with Crippen LogP contribution in [-0.2, 0) is 13.6 Å². The minimum atomic E-state index is -5.28. The Morgan fingerprint density at radius 2 is 1.79 bits per heavy atom. The number of hydrogen-bond acceptors (Lipinski definition) is 3. The number of nitrogens with zero attached hydrogens (tertiary/aromatic N) is 2. The summed E-state index contributed by atoms with van der Waals surface area (Å²) in [5.74, 6) is 0.246. The number of aryl methyl sites for hydroxylation is 1. The van der Waals surface area contributed by atoms with Gasteiger partial charge in [-0.2, -0.15) is 0 Å². The van der Waals surface area contributed by atoms with Crippen molar-refractivity contribution in [3.8, 4) is 0 Å². The van der Waals surface area contributed by atoms with Gasteiger partial charge in [0.2, 0.25) is 0 Å². The Bertz CT molecular complexity index is 802. The molecule has 0 bridgehead atoms. The molecule has 0 fully saturated rings. The molecule has 0 saturated carbocycles. The van der Waals surface area contributed by atoms with E-state index < -0.39 is 31.0 Å². The number of hydrogen-bond donors (Lipinski definition) is 0. The molecule has 0 N–H and O–H groups in total. The average molecular weight is 474 g/mol. The summed E-state index contributed by atoms with van der Waals surface area (Å²) >= 11 is -3.81. The van der Waals surface area contributed by atoms with Crippen molar-refractivity contribution >= 4 is 25.4 Å². The van der Waals surface area contributed by atoms with Crippen molar-refractivity contribution in [3.63, 3.8) is 0 Å². The molecule has 9 heteroatoms. The SMILES string of the molecule is Cc1nn(CC(C)C)cc1I(c1ccccc1)S(=O)(=O)C(F)(F)F. The summed E-state index contributed by atoms with van der Waals surface area (Å²) in [5.41, 5.74) is -4.93. The molecular weight excluding hydrogens is 456 g/mol. The number of alkyl halides is 3. The van der Waals surface area contributed by atoms with E-state index in [0.29, 0.717) is 12.2 Å². The first-order valence-corrected chi connectivity index (χ1v) is 13.3. The summed E-state index contributed by atoms with van der Waals surface area (Å²) in [6.07, 6.45) is 1.47. The third-order valence-electron chi connectivity index (χ3n) is 3.03. The molecule has 0 amide bonds. The van der Waals surface area contributed by atoms with Gasteiger partial charge in [0.25, 0.3) is 0 Å². The number of benzene rings is 1. The Morgan fingerprint density at radius 3 is 2.29 bits per heavy atom. The van der Waals surface area contributed by atoms with Crippen molar-refractivity contribution in [3.05, 3.63) is 49.4 Å². The Hall–Kier alpha value is -1.10. The van der Waals surface area contributed by atoms with Gasteiger partial charge in [-0.3, -0.25) is 0 Å². The molecule has 24 heavy (non-hydrogen) atoms. The Balaban J connectivity index is 2.63. The molecule has 1 aromatic heterocycles. The van der Waals surface area contributed by atoms with E-state index >= 15 is 0 Å². The summed E-state index contributed by atoms with van der Waals surface area (Å²) in [6.45, 7) is 5.99. The molecule has 0 spiro atoms. The van der Waals surface area contributed by atoms with E-state index in [1.807, 2.05) is 13.8 Å². The first-order chi connectivity index (χ1) is 11.0. The van der Waals surface area contributed by atoms with E-state index in [4.69, 9.17) is 0 Å². The molecule has 4 nitrogen and oxygen atoms in total. The van der Waals surface area contributed by atoms with Gasteiger partial charge in [-0.15, -0.1) is 0 Å². The second kappa shape index (κ2) is 7.03. The average Bonchev–Trinajstić information content (AvgIpc) is 2.78. The van der Waals surface area contributed by atoms with Gasteiger partial charge < -0.3 is 0 Å². The van der Waals surface area contributed by atoms with Crippen molar-refractivity contribution in [1.29, 1.82) is 0 Å². The number of halogens is 4. The van der Waals surface area contributed by atoms with Crippen molar-refractivity contribution in [2.45, 2.75) is 32.8 Å². The van der Waals surface area contributed by atoms with Crippen LogP contribution in [0.3, 0.4) is 0 Å².